The average molecular weight is 577 g/mol. The Morgan fingerprint density at radius 3 is 1.84 bits per heavy atom. The molecule has 4 aromatic heterocycles. The second kappa shape index (κ2) is 8.91. The molecule has 10 rings (SSSR count). The first kappa shape index (κ1) is 24.3. The molecule has 5 heteroatoms. The highest BCUT2D eigenvalue weighted by Gasteiger charge is 2.22. The Labute approximate surface area is 256 Å². The molecule has 0 saturated carbocycles. The zero-order chi connectivity index (χ0) is 29.6. The Bertz CT molecular complexity index is 2890. The van der Waals surface area contributed by atoms with Crippen molar-refractivity contribution in [1.29, 1.82) is 0 Å². The standard InChI is InChI=1S/C40H24N4O/c45-40-31-18-7-5-16-29(31)37-28-15-4-6-17-30(28)38-41-33-19-9-11-21-36(33)44(38)39(37)43(40)26-22-23-35-32(24-26)27-14-8-10-20-34(27)42(35)25-12-2-1-3-13-25/h1-24H. The van der Waals surface area contributed by atoms with Gasteiger partial charge in [-0.15, -0.1) is 0 Å². The van der Waals surface area contributed by atoms with E-state index in [-0.39, 0.29) is 5.56 Å². The van der Waals surface area contributed by atoms with Gasteiger partial charge in [0.05, 0.1) is 27.8 Å². The van der Waals surface area contributed by atoms with Crippen molar-refractivity contribution in [3.05, 3.63) is 156 Å². The van der Waals surface area contributed by atoms with E-state index in [1.54, 1.807) is 0 Å². The minimum atomic E-state index is -0.0568. The van der Waals surface area contributed by atoms with E-state index in [0.717, 1.165) is 77.1 Å². The van der Waals surface area contributed by atoms with Gasteiger partial charge in [0.15, 0.2) is 0 Å². The lowest BCUT2D eigenvalue weighted by molar-refractivity contribution is 1.02. The predicted molar refractivity (Wildman–Crippen MR) is 185 cm³/mol. The van der Waals surface area contributed by atoms with Gasteiger partial charge in [0, 0.05) is 32.6 Å². The molecule has 0 unspecified atom stereocenters. The van der Waals surface area contributed by atoms with Crippen LogP contribution in [-0.4, -0.2) is 18.5 Å². The molecule has 6 aromatic carbocycles. The van der Waals surface area contributed by atoms with Gasteiger partial charge in [0.1, 0.15) is 11.3 Å². The Hall–Kier alpha value is -6.20. The van der Waals surface area contributed by atoms with E-state index in [1.807, 2.05) is 47.0 Å². The minimum Gasteiger partial charge on any atom is -0.309 e. The minimum absolute atomic E-state index is 0.0568. The molecule has 0 saturated heterocycles. The maximum atomic E-state index is 14.7. The summed E-state index contributed by atoms with van der Waals surface area (Å²) in [5.41, 5.74) is 7.58. The molecular formula is C40H24N4O. The second-order valence-electron chi connectivity index (χ2n) is 11.6. The van der Waals surface area contributed by atoms with Gasteiger partial charge in [-0.2, -0.15) is 0 Å². The maximum absolute atomic E-state index is 14.7. The fourth-order valence-corrected chi connectivity index (χ4v) is 7.33. The van der Waals surface area contributed by atoms with Crippen molar-refractivity contribution in [3.63, 3.8) is 0 Å². The van der Waals surface area contributed by atoms with Crippen LogP contribution in [0.4, 0.5) is 0 Å². The first-order chi connectivity index (χ1) is 22.3. The monoisotopic (exact) mass is 576 g/mol. The lowest BCUT2D eigenvalue weighted by Crippen LogP contribution is -2.21. The van der Waals surface area contributed by atoms with Crippen LogP contribution in [-0.2, 0) is 0 Å². The molecule has 0 aliphatic heterocycles. The summed E-state index contributed by atoms with van der Waals surface area (Å²) in [6.07, 6.45) is 0. The molecule has 4 heterocycles. The second-order valence-corrected chi connectivity index (χ2v) is 11.6. The molecule has 0 fully saturated rings. The predicted octanol–water partition coefficient (Wildman–Crippen LogP) is 9.20. The molecule has 5 nitrogen and oxygen atoms in total. The number of nitrogens with zero attached hydrogens (tertiary/aromatic N) is 4. The summed E-state index contributed by atoms with van der Waals surface area (Å²) in [5, 5.41) is 7.01. The number of benzene rings is 6. The Morgan fingerprint density at radius 2 is 1.04 bits per heavy atom. The molecule has 0 bridgehead atoms. The SMILES string of the molecule is O=c1c2ccccc2c2c3ccccc3c3nc4ccccc4n3c2n1-c1ccc2c(c1)c1ccccc1n2-c1ccccc1. The first-order valence-corrected chi connectivity index (χ1v) is 15.1. The summed E-state index contributed by atoms with van der Waals surface area (Å²) in [6.45, 7) is 0. The number of pyridine rings is 2. The number of fused-ring (bicyclic) bond motifs is 13. The van der Waals surface area contributed by atoms with Crippen LogP contribution >= 0.6 is 0 Å². The number of para-hydroxylation sites is 4. The topological polar surface area (TPSA) is 44.2 Å². The van der Waals surface area contributed by atoms with Gasteiger partial charge >= 0.3 is 0 Å². The van der Waals surface area contributed by atoms with E-state index in [4.69, 9.17) is 4.98 Å². The fourth-order valence-electron chi connectivity index (χ4n) is 7.33. The zero-order valence-corrected chi connectivity index (χ0v) is 24.1. The number of hydrogen-bond donors (Lipinski definition) is 0. The largest absolute Gasteiger partial charge is 0.309 e. The molecule has 0 N–H and O–H groups in total. The lowest BCUT2D eigenvalue weighted by Gasteiger charge is -2.18. The number of aromatic nitrogens is 4. The van der Waals surface area contributed by atoms with Gasteiger partial charge in [0.2, 0.25) is 0 Å². The molecule has 0 atom stereocenters. The van der Waals surface area contributed by atoms with Crippen LogP contribution < -0.4 is 5.56 Å². The smallest absolute Gasteiger partial charge is 0.264 e. The number of rotatable bonds is 2. The van der Waals surface area contributed by atoms with Crippen LogP contribution in [0.1, 0.15) is 0 Å². The molecule has 0 aliphatic rings. The van der Waals surface area contributed by atoms with Gasteiger partial charge in [-0.05, 0) is 65.4 Å². The van der Waals surface area contributed by atoms with Gasteiger partial charge in [-0.1, -0.05) is 91.0 Å². The quantitative estimate of drug-likeness (QED) is 0.193. The van der Waals surface area contributed by atoms with E-state index in [1.165, 1.54) is 0 Å². The third-order valence-corrected chi connectivity index (χ3v) is 9.20. The van der Waals surface area contributed by atoms with Crippen LogP contribution in [0.5, 0.6) is 0 Å². The van der Waals surface area contributed by atoms with Crippen LogP contribution in [0, 0.1) is 0 Å². The van der Waals surface area contributed by atoms with Crippen molar-refractivity contribution in [1.82, 2.24) is 18.5 Å². The number of hydrogen-bond acceptors (Lipinski definition) is 2. The highest BCUT2D eigenvalue weighted by Crippen LogP contribution is 2.38. The van der Waals surface area contributed by atoms with Crippen molar-refractivity contribution in [2.75, 3.05) is 0 Å². The van der Waals surface area contributed by atoms with E-state index >= 15 is 0 Å². The van der Waals surface area contributed by atoms with Crippen LogP contribution in [0.3, 0.4) is 0 Å². The Morgan fingerprint density at radius 1 is 0.444 bits per heavy atom. The van der Waals surface area contributed by atoms with Gasteiger partial charge in [0.25, 0.3) is 5.56 Å². The van der Waals surface area contributed by atoms with Crippen molar-refractivity contribution in [2.45, 2.75) is 0 Å². The third-order valence-electron chi connectivity index (χ3n) is 9.20. The van der Waals surface area contributed by atoms with E-state index < -0.39 is 0 Å². The third kappa shape index (κ3) is 3.21. The summed E-state index contributed by atoms with van der Waals surface area (Å²) in [5.74, 6) is 0. The van der Waals surface area contributed by atoms with Crippen molar-refractivity contribution in [3.8, 4) is 11.4 Å². The highest BCUT2D eigenvalue weighted by atomic mass is 16.1. The summed E-state index contributed by atoms with van der Waals surface area (Å²) in [7, 11) is 0. The van der Waals surface area contributed by atoms with Crippen molar-refractivity contribution < 1.29 is 0 Å². The average Bonchev–Trinajstić information content (AvgIpc) is 3.65. The summed E-state index contributed by atoms with van der Waals surface area (Å²) in [6, 6.07) is 49.9. The van der Waals surface area contributed by atoms with Crippen molar-refractivity contribution in [2.24, 2.45) is 0 Å². The lowest BCUT2D eigenvalue weighted by atomic mass is 10.0. The zero-order valence-electron chi connectivity index (χ0n) is 24.1. The fraction of sp³-hybridized carbons (Fsp3) is 0. The van der Waals surface area contributed by atoms with Crippen LogP contribution in [0.15, 0.2) is 150 Å². The van der Waals surface area contributed by atoms with Gasteiger partial charge in [-0.25, -0.2) is 4.98 Å². The Kier molecular flexibility index (Phi) is 4.80. The molecule has 0 radical (unpaired) electrons. The van der Waals surface area contributed by atoms with Crippen LogP contribution in [0.25, 0.3) is 82.4 Å². The summed E-state index contributed by atoms with van der Waals surface area (Å²) in [4.78, 5) is 19.8. The van der Waals surface area contributed by atoms with Gasteiger partial charge < -0.3 is 4.57 Å². The Balaban J connectivity index is 1.44. The molecule has 0 spiro atoms. The molecular weight excluding hydrogens is 552 g/mol. The molecule has 0 aliphatic carbocycles. The summed E-state index contributed by atoms with van der Waals surface area (Å²) >= 11 is 0. The molecule has 210 valence electrons. The van der Waals surface area contributed by atoms with Gasteiger partial charge in [-0.3, -0.25) is 13.8 Å². The van der Waals surface area contributed by atoms with E-state index in [9.17, 15) is 4.79 Å². The normalized spacial score (nSPS) is 12.1. The first-order valence-electron chi connectivity index (χ1n) is 15.1. The van der Waals surface area contributed by atoms with E-state index in [0.29, 0.717) is 5.39 Å². The highest BCUT2D eigenvalue weighted by molar-refractivity contribution is 6.22. The summed E-state index contributed by atoms with van der Waals surface area (Å²) < 4.78 is 6.38. The molecule has 45 heavy (non-hydrogen) atoms. The molecule has 10 aromatic rings. The number of imidazole rings is 1. The molecule has 0 amide bonds. The van der Waals surface area contributed by atoms with E-state index in [2.05, 4.69) is 112 Å². The maximum Gasteiger partial charge on any atom is 0.264 e. The van der Waals surface area contributed by atoms with Crippen molar-refractivity contribution >= 4 is 71.1 Å². The van der Waals surface area contributed by atoms with Crippen LogP contribution in [0.2, 0.25) is 0 Å².